The van der Waals surface area contributed by atoms with Gasteiger partial charge in [0, 0.05) is 12.0 Å². The van der Waals surface area contributed by atoms with Crippen LogP contribution in [0.15, 0.2) is 22.8 Å². The van der Waals surface area contributed by atoms with Gasteiger partial charge < -0.3 is 14.6 Å². The van der Waals surface area contributed by atoms with Gasteiger partial charge in [0.25, 0.3) is 0 Å². The molecule has 0 bridgehead atoms. The smallest absolute Gasteiger partial charge is 0.106 e. The third kappa shape index (κ3) is 2.55. The van der Waals surface area contributed by atoms with Crippen molar-refractivity contribution in [3.05, 3.63) is 24.2 Å². The molecule has 3 nitrogen and oxygen atoms in total. The monoisotopic (exact) mass is 234 g/mol. The number of hydrogen-bond acceptors (Lipinski definition) is 3. The third-order valence-corrected chi connectivity index (χ3v) is 4.30. The first kappa shape index (κ1) is 11.3. The van der Waals surface area contributed by atoms with Crippen molar-refractivity contribution in [1.29, 1.82) is 0 Å². The lowest BCUT2D eigenvalue weighted by atomic mass is 9.92. The maximum absolute atomic E-state index is 5.53. The van der Waals surface area contributed by atoms with E-state index >= 15 is 0 Å². The van der Waals surface area contributed by atoms with Crippen molar-refractivity contribution in [2.24, 2.45) is 0 Å². The van der Waals surface area contributed by atoms with Gasteiger partial charge in [0.2, 0.25) is 0 Å². The van der Waals surface area contributed by atoms with E-state index in [-0.39, 0.29) is 0 Å². The van der Waals surface area contributed by atoms with Crippen molar-refractivity contribution in [2.75, 3.05) is 26.2 Å². The summed E-state index contributed by atoms with van der Waals surface area (Å²) in [5, 5.41) is 3.44. The zero-order valence-corrected chi connectivity index (χ0v) is 10.4. The first-order valence-electron chi connectivity index (χ1n) is 6.91. The molecule has 0 saturated carbocycles. The van der Waals surface area contributed by atoms with E-state index in [2.05, 4.69) is 16.3 Å². The van der Waals surface area contributed by atoms with Crippen molar-refractivity contribution in [2.45, 2.75) is 37.6 Å². The second-order valence-electron chi connectivity index (χ2n) is 5.31. The average Bonchev–Trinajstić information content (AvgIpc) is 2.94. The Morgan fingerprint density at radius 1 is 1.12 bits per heavy atom. The number of piperidine rings is 2. The van der Waals surface area contributed by atoms with E-state index in [0.717, 1.165) is 6.04 Å². The van der Waals surface area contributed by atoms with Gasteiger partial charge in [0.1, 0.15) is 5.76 Å². The van der Waals surface area contributed by atoms with Gasteiger partial charge in [0.15, 0.2) is 0 Å². The predicted octanol–water partition coefficient (Wildman–Crippen LogP) is 2.21. The molecule has 94 valence electrons. The largest absolute Gasteiger partial charge is 0.469 e. The number of likely N-dealkylation sites (tertiary alicyclic amines) is 1. The molecule has 1 aromatic rings. The summed E-state index contributed by atoms with van der Waals surface area (Å²) in [5.41, 5.74) is 0. The van der Waals surface area contributed by atoms with Gasteiger partial charge in [-0.3, -0.25) is 0 Å². The summed E-state index contributed by atoms with van der Waals surface area (Å²) < 4.78 is 5.53. The zero-order chi connectivity index (χ0) is 11.5. The molecule has 2 fully saturated rings. The van der Waals surface area contributed by atoms with E-state index in [1.54, 1.807) is 6.26 Å². The van der Waals surface area contributed by atoms with Gasteiger partial charge in [-0.25, -0.2) is 0 Å². The summed E-state index contributed by atoms with van der Waals surface area (Å²) in [6.07, 6.45) is 6.97. The quantitative estimate of drug-likeness (QED) is 0.850. The van der Waals surface area contributed by atoms with Crippen LogP contribution in [0.5, 0.6) is 0 Å². The Morgan fingerprint density at radius 3 is 2.53 bits per heavy atom. The molecule has 1 aromatic heterocycles. The standard InChI is InChI=1S/C14H22N2O/c1-2-14(17-11-1)12-5-9-16(10-6-12)13-3-7-15-8-4-13/h1-2,11-13,15H,3-10H2. The molecular formula is C14H22N2O. The zero-order valence-electron chi connectivity index (χ0n) is 10.4. The minimum absolute atomic E-state index is 0.656. The lowest BCUT2D eigenvalue weighted by Crippen LogP contribution is -2.46. The van der Waals surface area contributed by atoms with Crippen LogP contribution < -0.4 is 5.32 Å². The SMILES string of the molecule is c1coc(C2CCN(C3CCNCC3)CC2)c1. The van der Waals surface area contributed by atoms with E-state index in [0.29, 0.717) is 5.92 Å². The van der Waals surface area contributed by atoms with Crippen LogP contribution in [-0.4, -0.2) is 37.1 Å². The minimum atomic E-state index is 0.656. The number of furan rings is 1. The van der Waals surface area contributed by atoms with Gasteiger partial charge in [-0.05, 0) is 64.0 Å². The molecule has 3 heteroatoms. The first-order chi connectivity index (χ1) is 8.43. The van der Waals surface area contributed by atoms with Crippen molar-refractivity contribution in [1.82, 2.24) is 10.2 Å². The summed E-state index contributed by atoms with van der Waals surface area (Å²) in [7, 11) is 0. The van der Waals surface area contributed by atoms with Crippen LogP contribution in [-0.2, 0) is 0 Å². The minimum Gasteiger partial charge on any atom is -0.469 e. The molecule has 3 heterocycles. The fourth-order valence-corrected chi connectivity index (χ4v) is 3.24. The predicted molar refractivity (Wildman–Crippen MR) is 68.1 cm³/mol. The van der Waals surface area contributed by atoms with Crippen molar-refractivity contribution in [3.63, 3.8) is 0 Å². The number of nitrogens with one attached hydrogen (secondary N) is 1. The van der Waals surface area contributed by atoms with Gasteiger partial charge in [-0.15, -0.1) is 0 Å². The highest BCUT2D eigenvalue weighted by atomic mass is 16.3. The second kappa shape index (κ2) is 5.23. The number of nitrogens with zero attached hydrogens (tertiary/aromatic N) is 1. The van der Waals surface area contributed by atoms with E-state index in [1.807, 2.05) is 6.07 Å². The molecule has 17 heavy (non-hydrogen) atoms. The van der Waals surface area contributed by atoms with Crippen LogP contribution in [0.4, 0.5) is 0 Å². The molecule has 0 aromatic carbocycles. The summed E-state index contributed by atoms with van der Waals surface area (Å²) >= 11 is 0. The molecule has 1 N–H and O–H groups in total. The highest BCUT2D eigenvalue weighted by Crippen LogP contribution is 2.30. The van der Waals surface area contributed by atoms with Crippen LogP contribution in [0.3, 0.4) is 0 Å². The summed E-state index contributed by atoms with van der Waals surface area (Å²) in [6, 6.07) is 4.97. The Hall–Kier alpha value is -0.800. The molecule has 0 aliphatic carbocycles. The molecule has 0 radical (unpaired) electrons. The maximum Gasteiger partial charge on any atom is 0.106 e. The van der Waals surface area contributed by atoms with Gasteiger partial charge in [-0.1, -0.05) is 0 Å². The van der Waals surface area contributed by atoms with Crippen LogP contribution in [0.1, 0.15) is 37.4 Å². The van der Waals surface area contributed by atoms with Crippen molar-refractivity contribution in [3.8, 4) is 0 Å². The summed E-state index contributed by atoms with van der Waals surface area (Å²) in [5.74, 6) is 1.85. The fraction of sp³-hybridized carbons (Fsp3) is 0.714. The lowest BCUT2D eigenvalue weighted by molar-refractivity contribution is 0.122. The molecule has 0 atom stereocenters. The molecule has 0 unspecified atom stereocenters. The second-order valence-corrected chi connectivity index (χ2v) is 5.31. The molecule has 2 aliphatic heterocycles. The summed E-state index contributed by atoms with van der Waals surface area (Å²) in [6.45, 7) is 4.89. The first-order valence-corrected chi connectivity index (χ1v) is 6.91. The van der Waals surface area contributed by atoms with E-state index in [4.69, 9.17) is 4.42 Å². The topological polar surface area (TPSA) is 28.4 Å². The van der Waals surface area contributed by atoms with Crippen LogP contribution in [0.2, 0.25) is 0 Å². The average molecular weight is 234 g/mol. The van der Waals surface area contributed by atoms with Gasteiger partial charge >= 0.3 is 0 Å². The lowest BCUT2D eigenvalue weighted by Gasteiger charge is -2.39. The van der Waals surface area contributed by atoms with E-state index < -0.39 is 0 Å². The van der Waals surface area contributed by atoms with Crippen LogP contribution in [0.25, 0.3) is 0 Å². The van der Waals surface area contributed by atoms with E-state index in [1.165, 1.54) is 57.6 Å². The Kier molecular flexibility index (Phi) is 3.48. The van der Waals surface area contributed by atoms with E-state index in [9.17, 15) is 0 Å². The molecule has 0 amide bonds. The van der Waals surface area contributed by atoms with Crippen LogP contribution in [0, 0.1) is 0 Å². The molecule has 3 rings (SSSR count). The Morgan fingerprint density at radius 2 is 1.88 bits per heavy atom. The van der Waals surface area contributed by atoms with Gasteiger partial charge in [0.05, 0.1) is 6.26 Å². The molecule has 0 spiro atoms. The number of rotatable bonds is 2. The molecular weight excluding hydrogens is 212 g/mol. The maximum atomic E-state index is 5.53. The Labute approximate surface area is 103 Å². The van der Waals surface area contributed by atoms with Crippen molar-refractivity contribution < 1.29 is 4.42 Å². The summed E-state index contributed by atoms with van der Waals surface area (Å²) in [4.78, 5) is 2.69. The highest BCUT2D eigenvalue weighted by Gasteiger charge is 2.27. The molecule has 2 saturated heterocycles. The normalized spacial score (nSPS) is 25.2. The fourth-order valence-electron chi connectivity index (χ4n) is 3.24. The Balaban J connectivity index is 1.53. The van der Waals surface area contributed by atoms with Gasteiger partial charge in [-0.2, -0.15) is 0 Å². The Bertz CT molecular complexity index is 322. The van der Waals surface area contributed by atoms with Crippen molar-refractivity contribution >= 4 is 0 Å². The third-order valence-electron chi connectivity index (χ3n) is 4.30. The highest BCUT2D eigenvalue weighted by molar-refractivity contribution is 5.06. The number of hydrogen-bond donors (Lipinski definition) is 1. The van der Waals surface area contributed by atoms with Crippen LogP contribution >= 0.6 is 0 Å². The molecule has 2 aliphatic rings.